The lowest BCUT2D eigenvalue weighted by Gasteiger charge is -2.10. The first kappa shape index (κ1) is 19.6. The van der Waals surface area contributed by atoms with E-state index in [9.17, 15) is 4.79 Å². The van der Waals surface area contributed by atoms with Gasteiger partial charge in [-0.25, -0.2) is 15.0 Å². The van der Waals surface area contributed by atoms with Crippen LogP contribution in [0, 0.1) is 6.92 Å². The molecular weight excluding hydrogens is 400 g/mol. The Morgan fingerprint density at radius 3 is 2.47 bits per heavy atom. The standard InChI is InChI=1S/C22H19ClN6O/c1-15-25-20(13-21(26-15)29-11-10-24-14-29)27-18-6-8-19(9-7-18)28-22(30)12-16-2-4-17(23)5-3-16/h2-11,13-14H,12H2,1H3,(H,28,30)(H,25,26,27). The zero-order valence-corrected chi connectivity index (χ0v) is 17.0. The number of benzene rings is 2. The summed E-state index contributed by atoms with van der Waals surface area (Å²) < 4.78 is 1.82. The van der Waals surface area contributed by atoms with Crippen LogP contribution < -0.4 is 10.6 Å². The zero-order chi connectivity index (χ0) is 20.9. The summed E-state index contributed by atoms with van der Waals surface area (Å²) in [5.74, 6) is 1.96. The van der Waals surface area contributed by atoms with Gasteiger partial charge in [-0.15, -0.1) is 0 Å². The quantitative estimate of drug-likeness (QED) is 0.480. The summed E-state index contributed by atoms with van der Waals surface area (Å²) in [6.07, 6.45) is 5.50. The van der Waals surface area contributed by atoms with Crippen LogP contribution in [0.4, 0.5) is 17.2 Å². The highest BCUT2D eigenvalue weighted by molar-refractivity contribution is 6.30. The summed E-state index contributed by atoms with van der Waals surface area (Å²) in [7, 11) is 0. The van der Waals surface area contributed by atoms with Gasteiger partial charge >= 0.3 is 0 Å². The summed E-state index contributed by atoms with van der Waals surface area (Å²) in [5.41, 5.74) is 2.47. The molecule has 4 aromatic rings. The van der Waals surface area contributed by atoms with Crippen molar-refractivity contribution < 1.29 is 4.79 Å². The van der Waals surface area contributed by atoms with E-state index in [1.54, 1.807) is 24.7 Å². The molecule has 0 saturated heterocycles. The van der Waals surface area contributed by atoms with E-state index in [0.29, 0.717) is 16.7 Å². The van der Waals surface area contributed by atoms with Gasteiger partial charge in [0.15, 0.2) is 0 Å². The second-order valence-electron chi connectivity index (χ2n) is 6.68. The molecule has 150 valence electrons. The van der Waals surface area contributed by atoms with Crippen LogP contribution in [0.5, 0.6) is 0 Å². The van der Waals surface area contributed by atoms with Gasteiger partial charge in [0, 0.05) is 34.9 Å². The summed E-state index contributed by atoms with van der Waals surface area (Å²) in [6.45, 7) is 1.84. The number of nitrogens with zero attached hydrogens (tertiary/aromatic N) is 4. The molecule has 0 atom stereocenters. The minimum atomic E-state index is -0.0885. The SMILES string of the molecule is Cc1nc(Nc2ccc(NC(=O)Cc3ccc(Cl)cc3)cc2)cc(-n2ccnc2)n1. The number of hydrogen-bond donors (Lipinski definition) is 2. The summed E-state index contributed by atoms with van der Waals surface area (Å²) in [5, 5.41) is 6.81. The van der Waals surface area contributed by atoms with Crippen LogP contribution in [-0.4, -0.2) is 25.4 Å². The summed E-state index contributed by atoms with van der Waals surface area (Å²) >= 11 is 5.88. The number of hydrogen-bond acceptors (Lipinski definition) is 5. The third-order valence-electron chi connectivity index (χ3n) is 4.31. The van der Waals surface area contributed by atoms with E-state index < -0.39 is 0 Å². The molecule has 2 heterocycles. The second kappa shape index (κ2) is 8.75. The number of halogens is 1. The number of rotatable bonds is 6. The van der Waals surface area contributed by atoms with Crippen LogP contribution in [0.3, 0.4) is 0 Å². The molecule has 0 aliphatic carbocycles. The van der Waals surface area contributed by atoms with Crippen molar-refractivity contribution in [3.05, 3.63) is 89.7 Å². The predicted molar refractivity (Wildman–Crippen MR) is 117 cm³/mol. The maximum absolute atomic E-state index is 12.2. The van der Waals surface area contributed by atoms with Crippen molar-refractivity contribution in [1.82, 2.24) is 19.5 Å². The molecule has 2 N–H and O–H groups in total. The largest absolute Gasteiger partial charge is 0.340 e. The molecule has 0 fully saturated rings. The molecule has 4 rings (SSSR count). The third-order valence-corrected chi connectivity index (χ3v) is 4.56. The molecule has 0 radical (unpaired) electrons. The van der Waals surface area contributed by atoms with E-state index in [2.05, 4.69) is 25.6 Å². The highest BCUT2D eigenvalue weighted by Gasteiger charge is 2.06. The molecule has 1 amide bonds. The van der Waals surface area contributed by atoms with Crippen LogP contribution >= 0.6 is 11.6 Å². The second-order valence-corrected chi connectivity index (χ2v) is 7.12. The van der Waals surface area contributed by atoms with Crippen molar-refractivity contribution in [2.75, 3.05) is 10.6 Å². The van der Waals surface area contributed by atoms with Crippen LogP contribution in [-0.2, 0) is 11.2 Å². The molecule has 0 aliphatic rings. The Bertz CT molecular complexity index is 1140. The number of aryl methyl sites for hydroxylation is 1. The molecular formula is C22H19ClN6O. The van der Waals surface area contributed by atoms with Crippen LogP contribution in [0.1, 0.15) is 11.4 Å². The Hall–Kier alpha value is -3.71. The van der Waals surface area contributed by atoms with Crippen molar-refractivity contribution in [2.45, 2.75) is 13.3 Å². The van der Waals surface area contributed by atoms with Gasteiger partial charge in [-0.2, -0.15) is 0 Å². The van der Waals surface area contributed by atoms with E-state index in [-0.39, 0.29) is 12.3 Å². The van der Waals surface area contributed by atoms with Gasteiger partial charge in [-0.05, 0) is 48.9 Å². The van der Waals surface area contributed by atoms with Gasteiger partial charge in [-0.1, -0.05) is 23.7 Å². The Morgan fingerprint density at radius 1 is 1.03 bits per heavy atom. The van der Waals surface area contributed by atoms with Crippen molar-refractivity contribution in [1.29, 1.82) is 0 Å². The first-order valence-corrected chi connectivity index (χ1v) is 9.68. The fourth-order valence-electron chi connectivity index (χ4n) is 2.92. The average molecular weight is 419 g/mol. The van der Waals surface area contributed by atoms with E-state index in [1.807, 2.05) is 60.2 Å². The first-order chi connectivity index (χ1) is 14.5. The lowest BCUT2D eigenvalue weighted by Crippen LogP contribution is -2.14. The lowest BCUT2D eigenvalue weighted by atomic mass is 10.1. The van der Waals surface area contributed by atoms with Gasteiger partial charge in [-0.3, -0.25) is 9.36 Å². The maximum atomic E-state index is 12.2. The van der Waals surface area contributed by atoms with Gasteiger partial charge in [0.1, 0.15) is 23.8 Å². The van der Waals surface area contributed by atoms with Crippen molar-refractivity contribution in [2.24, 2.45) is 0 Å². The molecule has 2 aromatic heterocycles. The van der Waals surface area contributed by atoms with E-state index >= 15 is 0 Å². The summed E-state index contributed by atoms with van der Waals surface area (Å²) in [6, 6.07) is 16.5. The van der Waals surface area contributed by atoms with Gasteiger partial charge in [0.25, 0.3) is 0 Å². The molecule has 0 bridgehead atoms. The van der Waals surface area contributed by atoms with Crippen molar-refractivity contribution in [3.8, 4) is 5.82 Å². The van der Waals surface area contributed by atoms with Crippen LogP contribution in [0.25, 0.3) is 5.82 Å². The first-order valence-electron chi connectivity index (χ1n) is 9.30. The average Bonchev–Trinajstić information content (AvgIpc) is 3.26. The number of carbonyl (C=O) groups is 1. The van der Waals surface area contributed by atoms with Crippen molar-refractivity contribution in [3.63, 3.8) is 0 Å². The zero-order valence-electron chi connectivity index (χ0n) is 16.2. The molecule has 0 aliphatic heterocycles. The van der Waals surface area contributed by atoms with Crippen LogP contribution in [0.15, 0.2) is 73.3 Å². The smallest absolute Gasteiger partial charge is 0.228 e. The number of carbonyl (C=O) groups excluding carboxylic acids is 1. The van der Waals surface area contributed by atoms with E-state index in [4.69, 9.17) is 11.6 Å². The fourth-order valence-corrected chi connectivity index (χ4v) is 3.05. The highest BCUT2D eigenvalue weighted by Crippen LogP contribution is 2.20. The fraction of sp³-hybridized carbons (Fsp3) is 0.0909. The van der Waals surface area contributed by atoms with Gasteiger partial charge < -0.3 is 10.6 Å². The van der Waals surface area contributed by atoms with E-state index in [1.165, 1.54) is 0 Å². The molecule has 2 aromatic carbocycles. The Labute approximate surface area is 178 Å². The number of amides is 1. The number of anilines is 3. The normalized spacial score (nSPS) is 10.6. The Kier molecular flexibility index (Phi) is 5.72. The predicted octanol–water partition coefficient (Wildman–Crippen LogP) is 4.55. The molecule has 0 saturated carbocycles. The minimum Gasteiger partial charge on any atom is -0.340 e. The number of imidazole rings is 1. The van der Waals surface area contributed by atoms with Crippen LogP contribution in [0.2, 0.25) is 5.02 Å². The van der Waals surface area contributed by atoms with Gasteiger partial charge in [0.2, 0.25) is 5.91 Å². The number of nitrogens with one attached hydrogen (secondary N) is 2. The molecule has 7 nitrogen and oxygen atoms in total. The monoisotopic (exact) mass is 418 g/mol. The minimum absolute atomic E-state index is 0.0885. The van der Waals surface area contributed by atoms with Crippen molar-refractivity contribution >= 4 is 34.7 Å². The maximum Gasteiger partial charge on any atom is 0.228 e. The topological polar surface area (TPSA) is 84.7 Å². The molecule has 0 unspecified atom stereocenters. The summed E-state index contributed by atoms with van der Waals surface area (Å²) in [4.78, 5) is 25.1. The number of aromatic nitrogens is 4. The lowest BCUT2D eigenvalue weighted by molar-refractivity contribution is -0.115. The third kappa shape index (κ3) is 5.01. The Morgan fingerprint density at radius 2 is 1.77 bits per heavy atom. The van der Waals surface area contributed by atoms with E-state index in [0.717, 1.165) is 22.8 Å². The van der Waals surface area contributed by atoms with Gasteiger partial charge in [0.05, 0.1) is 6.42 Å². The molecule has 0 spiro atoms. The molecule has 30 heavy (non-hydrogen) atoms. The highest BCUT2D eigenvalue weighted by atomic mass is 35.5. The Balaban J connectivity index is 1.40. The molecule has 8 heteroatoms.